The fourth-order valence-corrected chi connectivity index (χ4v) is 7.04. The lowest BCUT2D eigenvalue weighted by Gasteiger charge is -2.17. The summed E-state index contributed by atoms with van der Waals surface area (Å²) in [5.41, 5.74) is 12.8. The molecular weight excluding hydrogens is 711 g/mol. The van der Waals surface area contributed by atoms with Crippen LogP contribution >= 0.6 is 34.0 Å². The van der Waals surface area contributed by atoms with Gasteiger partial charge in [0.25, 0.3) is 0 Å². The molecule has 52 heavy (non-hydrogen) atoms. The van der Waals surface area contributed by atoms with E-state index in [0.717, 1.165) is 38.0 Å². The van der Waals surface area contributed by atoms with E-state index in [-0.39, 0.29) is 11.8 Å². The van der Waals surface area contributed by atoms with Gasteiger partial charge in [0.2, 0.25) is 11.8 Å². The van der Waals surface area contributed by atoms with Gasteiger partial charge in [-0.25, -0.2) is 15.0 Å². The molecule has 0 fully saturated rings. The second kappa shape index (κ2) is 18.6. The van der Waals surface area contributed by atoms with E-state index in [1.807, 2.05) is 101 Å². The van der Waals surface area contributed by atoms with Crippen LogP contribution in [0.25, 0.3) is 21.1 Å². The van der Waals surface area contributed by atoms with E-state index in [4.69, 9.17) is 5.73 Å². The second-order valence-corrected chi connectivity index (χ2v) is 13.9. The van der Waals surface area contributed by atoms with Crippen molar-refractivity contribution < 1.29 is 9.59 Å². The van der Waals surface area contributed by atoms with Crippen LogP contribution in [-0.4, -0.2) is 48.8 Å². The Balaban J connectivity index is 0.000000183. The Morgan fingerprint density at radius 3 is 1.69 bits per heavy atom. The number of pyridine rings is 2. The fourth-order valence-electron chi connectivity index (χ4n) is 4.97. The Hall–Kier alpha value is -5.51. The standard InChI is InChI=1S/C21H19N5OS2.C17H16N4OS/c27-20(25-19-13-29-21(26-19)16-6-8-22-9-7-16)18(10-15-4-2-1-3-5-15)23-11-17-12-28-14-24-17;18-14(10-12-4-2-1-3-5-12)16(22)20-15-11-23-17(21-15)13-6-8-19-9-7-13/h1-9,12-14,18,23H,10-11H2,(H,25,27);1-9,11,14H,10,18H2,(H,20,22)/t18-;14-/m00/s1. The molecule has 2 aromatic carbocycles. The fraction of sp³-hybridized carbons (Fsp3) is 0.132. The predicted octanol–water partition coefficient (Wildman–Crippen LogP) is 6.71. The second-order valence-electron chi connectivity index (χ2n) is 11.4. The molecule has 0 radical (unpaired) electrons. The zero-order valence-electron chi connectivity index (χ0n) is 27.8. The molecule has 0 unspecified atom stereocenters. The van der Waals surface area contributed by atoms with Crippen LogP contribution in [0.4, 0.5) is 11.6 Å². The van der Waals surface area contributed by atoms with Crippen molar-refractivity contribution in [3.63, 3.8) is 0 Å². The van der Waals surface area contributed by atoms with Gasteiger partial charge in [0.1, 0.15) is 21.7 Å². The van der Waals surface area contributed by atoms with Crippen molar-refractivity contribution >= 4 is 57.5 Å². The number of nitrogens with one attached hydrogen (secondary N) is 3. The SMILES string of the molecule is N[C@@H](Cc1ccccc1)C(=O)Nc1csc(-c2ccncc2)n1.O=C(Nc1csc(-c2ccncc2)n1)[C@H](Cc1ccccc1)NCc1cscn1. The maximum absolute atomic E-state index is 13.0. The summed E-state index contributed by atoms with van der Waals surface area (Å²) in [5.74, 6) is 0.728. The molecule has 0 aliphatic heterocycles. The smallest absolute Gasteiger partial charge is 0.243 e. The van der Waals surface area contributed by atoms with Crippen molar-refractivity contribution in [3.8, 4) is 21.1 Å². The molecule has 5 N–H and O–H groups in total. The number of hydrogen-bond donors (Lipinski definition) is 4. The molecule has 5 aromatic heterocycles. The molecule has 0 aliphatic rings. The lowest BCUT2D eigenvalue weighted by Crippen LogP contribution is -2.42. The monoisotopic (exact) mass is 745 g/mol. The van der Waals surface area contributed by atoms with Gasteiger partial charge in [-0.2, -0.15) is 0 Å². The minimum Gasteiger partial charge on any atom is -0.320 e. The van der Waals surface area contributed by atoms with Crippen LogP contribution in [-0.2, 0) is 29.0 Å². The molecule has 2 amide bonds. The normalized spacial score (nSPS) is 11.9. The average molecular weight is 746 g/mol. The molecule has 0 bridgehead atoms. The van der Waals surface area contributed by atoms with Gasteiger partial charge in [0.15, 0.2) is 0 Å². The summed E-state index contributed by atoms with van der Waals surface area (Å²) in [6, 6.07) is 26.2. The third-order valence-corrected chi connectivity index (χ3v) is 10.0. The highest BCUT2D eigenvalue weighted by Crippen LogP contribution is 2.26. The highest BCUT2D eigenvalue weighted by molar-refractivity contribution is 7.13. The maximum atomic E-state index is 13.0. The van der Waals surface area contributed by atoms with E-state index in [1.165, 1.54) is 22.7 Å². The topological polar surface area (TPSA) is 161 Å². The molecule has 0 aliphatic carbocycles. The Bertz CT molecular complexity index is 2110. The van der Waals surface area contributed by atoms with Gasteiger partial charge in [-0.15, -0.1) is 34.0 Å². The van der Waals surface area contributed by atoms with Crippen LogP contribution in [0, 0.1) is 0 Å². The molecule has 0 spiro atoms. The number of rotatable bonds is 13. The van der Waals surface area contributed by atoms with E-state index in [0.29, 0.717) is 31.0 Å². The van der Waals surface area contributed by atoms with Crippen molar-refractivity contribution in [1.29, 1.82) is 0 Å². The molecule has 0 saturated heterocycles. The van der Waals surface area contributed by atoms with E-state index in [1.54, 1.807) is 41.6 Å². The van der Waals surface area contributed by atoms with E-state index < -0.39 is 12.1 Å². The molecule has 0 saturated carbocycles. The van der Waals surface area contributed by atoms with Crippen molar-refractivity contribution in [2.24, 2.45) is 5.73 Å². The summed E-state index contributed by atoms with van der Waals surface area (Å²) >= 11 is 4.50. The number of carbonyl (C=O) groups is 2. The molecule has 11 nitrogen and oxygen atoms in total. The number of carbonyl (C=O) groups excluding carboxylic acids is 2. The first-order chi connectivity index (χ1) is 25.5. The van der Waals surface area contributed by atoms with Crippen molar-refractivity contribution in [3.05, 3.63) is 148 Å². The van der Waals surface area contributed by atoms with Crippen LogP contribution in [0.3, 0.4) is 0 Å². The lowest BCUT2D eigenvalue weighted by atomic mass is 10.1. The lowest BCUT2D eigenvalue weighted by molar-refractivity contribution is -0.118. The number of anilines is 2. The average Bonchev–Trinajstić information content (AvgIpc) is 3.99. The van der Waals surface area contributed by atoms with Crippen molar-refractivity contribution in [2.45, 2.75) is 31.5 Å². The third-order valence-electron chi connectivity index (χ3n) is 7.61. The van der Waals surface area contributed by atoms with Gasteiger partial charge in [0, 0.05) is 58.6 Å². The van der Waals surface area contributed by atoms with Crippen LogP contribution in [0.15, 0.2) is 131 Å². The van der Waals surface area contributed by atoms with Crippen LogP contribution in [0.5, 0.6) is 0 Å². The zero-order valence-corrected chi connectivity index (χ0v) is 30.3. The highest BCUT2D eigenvalue weighted by atomic mass is 32.1. The van der Waals surface area contributed by atoms with E-state index >= 15 is 0 Å². The number of hydrogen-bond acceptors (Lipinski definition) is 12. The number of aromatic nitrogens is 5. The maximum Gasteiger partial charge on any atom is 0.243 e. The van der Waals surface area contributed by atoms with Gasteiger partial charge in [-0.05, 0) is 48.2 Å². The first-order valence-corrected chi connectivity index (χ1v) is 19.0. The number of benzene rings is 2. The summed E-state index contributed by atoms with van der Waals surface area (Å²) in [5, 5.41) is 16.4. The van der Waals surface area contributed by atoms with Gasteiger partial charge < -0.3 is 16.4 Å². The molecule has 262 valence electrons. The van der Waals surface area contributed by atoms with Crippen molar-refractivity contribution in [2.75, 3.05) is 10.6 Å². The largest absolute Gasteiger partial charge is 0.320 e. The first kappa shape index (κ1) is 36.3. The molecule has 7 rings (SSSR count). The minimum absolute atomic E-state index is 0.115. The molecule has 14 heteroatoms. The summed E-state index contributed by atoms with van der Waals surface area (Å²) in [4.78, 5) is 46.4. The summed E-state index contributed by atoms with van der Waals surface area (Å²) in [6.07, 6.45) is 7.96. The van der Waals surface area contributed by atoms with Crippen LogP contribution in [0.2, 0.25) is 0 Å². The first-order valence-electron chi connectivity index (χ1n) is 16.3. The van der Waals surface area contributed by atoms with Gasteiger partial charge in [-0.3, -0.25) is 24.9 Å². The van der Waals surface area contributed by atoms with Crippen LogP contribution in [0.1, 0.15) is 16.8 Å². The molecule has 7 aromatic rings. The minimum atomic E-state index is -0.608. The Kier molecular flexibility index (Phi) is 13.0. The van der Waals surface area contributed by atoms with Crippen molar-refractivity contribution in [1.82, 2.24) is 30.2 Å². The zero-order chi connectivity index (χ0) is 36.0. The molecule has 2 atom stereocenters. The summed E-state index contributed by atoms with van der Waals surface area (Å²) in [6.45, 7) is 0.535. The number of amides is 2. The predicted molar refractivity (Wildman–Crippen MR) is 209 cm³/mol. The third kappa shape index (κ3) is 10.7. The highest BCUT2D eigenvalue weighted by Gasteiger charge is 2.20. The number of nitrogens with two attached hydrogens (primary N) is 1. The number of nitrogens with zero attached hydrogens (tertiary/aromatic N) is 5. The number of thiazole rings is 3. The summed E-state index contributed by atoms with van der Waals surface area (Å²) in [7, 11) is 0. The summed E-state index contributed by atoms with van der Waals surface area (Å²) < 4.78 is 0. The van der Waals surface area contributed by atoms with Gasteiger partial charge >= 0.3 is 0 Å². The van der Waals surface area contributed by atoms with E-state index in [2.05, 4.69) is 40.9 Å². The Labute approximate surface area is 313 Å². The molecule has 5 heterocycles. The quantitative estimate of drug-likeness (QED) is 0.101. The Morgan fingerprint density at radius 2 is 1.17 bits per heavy atom. The van der Waals surface area contributed by atoms with Crippen LogP contribution < -0.4 is 21.7 Å². The Morgan fingerprint density at radius 1 is 0.654 bits per heavy atom. The van der Waals surface area contributed by atoms with Gasteiger partial charge in [0.05, 0.1) is 23.3 Å². The van der Waals surface area contributed by atoms with E-state index in [9.17, 15) is 9.59 Å². The molecular formula is C38H35N9O2S3. The van der Waals surface area contributed by atoms with Gasteiger partial charge in [-0.1, -0.05) is 60.7 Å².